The molecule has 2 aromatic carbocycles. The van der Waals surface area contributed by atoms with Crippen molar-refractivity contribution < 1.29 is 23.4 Å². The topological polar surface area (TPSA) is 65.8 Å². The number of halogens is 2. The molecule has 7 nitrogen and oxygen atoms in total. The zero-order valence-corrected chi connectivity index (χ0v) is 23.6. The van der Waals surface area contributed by atoms with Crippen molar-refractivity contribution in [2.75, 3.05) is 32.8 Å². The summed E-state index contributed by atoms with van der Waals surface area (Å²) in [5.41, 5.74) is 3.44. The molecule has 0 bridgehead atoms. The molecular weight excluding hydrogens is 533 g/mol. The zero-order valence-electron chi connectivity index (χ0n) is 22.8. The summed E-state index contributed by atoms with van der Waals surface area (Å²) in [4.78, 5) is 14.3. The van der Waals surface area contributed by atoms with Gasteiger partial charge in [-0.15, -0.1) is 0 Å². The lowest BCUT2D eigenvalue weighted by Crippen LogP contribution is -2.38. The van der Waals surface area contributed by atoms with Crippen LogP contribution in [0.5, 0.6) is 11.5 Å². The van der Waals surface area contributed by atoms with Crippen LogP contribution in [0.4, 0.5) is 4.39 Å². The number of likely N-dealkylation sites (tertiary alicyclic amines) is 1. The number of nitrogens with zero attached hydrogens (tertiary/aromatic N) is 3. The van der Waals surface area contributed by atoms with Crippen molar-refractivity contribution in [3.63, 3.8) is 0 Å². The molecule has 0 N–H and O–H groups in total. The van der Waals surface area contributed by atoms with Crippen molar-refractivity contribution >= 4 is 34.5 Å². The molecule has 1 saturated heterocycles. The maximum atomic E-state index is 15.1. The molecule has 9 heteroatoms. The Morgan fingerprint density at radius 2 is 1.95 bits per heavy atom. The van der Waals surface area contributed by atoms with Gasteiger partial charge in [-0.2, -0.15) is 5.10 Å². The van der Waals surface area contributed by atoms with Crippen LogP contribution < -0.4 is 9.47 Å². The molecule has 1 aliphatic carbocycles. The van der Waals surface area contributed by atoms with E-state index in [0.717, 1.165) is 60.8 Å². The van der Waals surface area contributed by atoms with E-state index in [2.05, 4.69) is 14.7 Å². The van der Waals surface area contributed by atoms with Gasteiger partial charge in [-0.05, 0) is 75.0 Å². The zero-order chi connectivity index (χ0) is 27.6. The Labute approximate surface area is 238 Å². The van der Waals surface area contributed by atoms with Crippen LogP contribution in [0.15, 0.2) is 35.9 Å². The Morgan fingerprint density at radius 1 is 1.15 bits per heavy atom. The van der Waals surface area contributed by atoms with Gasteiger partial charge in [-0.25, -0.2) is 4.39 Å². The number of hydrogen-bond acceptors (Lipinski definition) is 6. The molecule has 6 rings (SSSR count). The largest absolute Gasteiger partial charge is 0.489 e. The summed E-state index contributed by atoms with van der Waals surface area (Å²) in [6.07, 6.45) is 8.16. The number of piperidine rings is 1. The van der Waals surface area contributed by atoms with Crippen LogP contribution in [-0.2, 0) is 16.1 Å². The first-order valence-electron chi connectivity index (χ1n) is 14.3. The summed E-state index contributed by atoms with van der Waals surface area (Å²) in [6.45, 7) is 5.23. The molecule has 0 amide bonds. The predicted octanol–water partition coefficient (Wildman–Crippen LogP) is 6.57. The van der Waals surface area contributed by atoms with Gasteiger partial charge in [0.15, 0.2) is 5.15 Å². The monoisotopic (exact) mass is 567 g/mol. The number of carbonyl (C=O) groups is 1. The van der Waals surface area contributed by atoms with E-state index in [1.54, 1.807) is 6.07 Å². The number of ether oxygens (including phenoxy) is 3. The van der Waals surface area contributed by atoms with Gasteiger partial charge >= 0.3 is 5.97 Å². The highest BCUT2D eigenvalue weighted by atomic mass is 35.5. The molecule has 3 aliphatic rings. The Morgan fingerprint density at radius 3 is 2.73 bits per heavy atom. The van der Waals surface area contributed by atoms with Crippen molar-refractivity contribution in [2.24, 2.45) is 5.92 Å². The standard InChI is InChI=1S/C31H35ClFN3O4/c1-2-38-31(37)22-9-11-35(12-10-22)17-21-14-25-27(33)15-24(16-29(25)40-19-21)39-18-20-7-8-28-26(13-20)30(32)34-36(28)23-5-3-4-6-23/h7-8,13-16,22-23H,2-6,9-12,17-19H2,1H3. The van der Waals surface area contributed by atoms with Crippen LogP contribution in [-0.4, -0.2) is 53.5 Å². The number of fused-ring (bicyclic) bond motifs is 2. The number of esters is 1. The van der Waals surface area contributed by atoms with E-state index in [-0.39, 0.29) is 24.3 Å². The third-order valence-corrected chi connectivity index (χ3v) is 8.54. The van der Waals surface area contributed by atoms with Crippen LogP contribution in [0.1, 0.15) is 62.6 Å². The summed E-state index contributed by atoms with van der Waals surface area (Å²) in [5, 5.41) is 6.02. The van der Waals surface area contributed by atoms with E-state index in [9.17, 15) is 4.79 Å². The normalized spacial score (nSPS) is 18.4. The fraction of sp³-hybridized carbons (Fsp3) is 0.484. The van der Waals surface area contributed by atoms with Crippen molar-refractivity contribution in [3.05, 3.63) is 58.0 Å². The van der Waals surface area contributed by atoms with E-state index >= 15 is 4.39 Å². The molecular formula is C31H35ClFN3O4. The molecule has 3 aromatic rings. The maximum absolute atomic E-state index is 15.1. The highest BCUT2D eigenvalue weighted by Crippen LogP contribution is 2.36. The lowest BCUT2D eigenvalue weighted by atomic mass is 9.96. The van der Waals surface area contributed by atoms with Crippen molar-refractivity contribution in [1.29, 1.82) is 0 Å². The van der Waals surface area contributed by atoms with E-state index in [4.69, 9.17) is 25.8 Å². The van der Waals surface area contributed by atoms with Gasteiger partial charge in [-0.3, -0.25) is 14.4 Å². The minimum atomic E-state index is -0.373. The molecule has 1 saturated carbocycles. The molecule has 0 spiro atoms. The van der Waals surface area contributed by atoms with Gasteiger partial charge in [0.25, 0.3) is 0 Å². The average molecular weight is 568 g/mol. The van der Waals surface area contributed by atoms with Gasteiger partial charge in [0.05, 0.1) is 29.6 Å². The van der Waals surface area contributed by atoms with Gasteiger partial charge in [0, 0.05) is 24.1 Å². The second-order valence-electron chi connectivity index (χ2n) is 11.0. The molecule has 212 valence electrons. The maximum Gasteiger partial charge on any atom is 0.309 e. The lowest BCUT2D eigenvalue weighted by Gasteiger charge is -2.32. The number of aromatic nitrogens is 2. The molecule has 40 heavy (non-hydrogen) atoms. The van der Waals surface area contributed by atoms with Crippen LogP contribution in [0, 0.1) is 11.7 Å². The summed E-state index contributed by atoms with van der Waals surface area (Å²) in [5.74, 6) is 0.397. The van der Waals surface area contributed by atoms with Crippen molar-refractivity contribution in [1.82, 2.24) is 14.7 Å². The van der Waals surface area contributed by atoms with E-state index in [1.807, 2.05) is 31.2 Å². The average Bonchev–Trinajstić information content (AvgIpc) is 3.61. The highest BCUT2D eigenvalue weighted by Gasteiger charge is 2.27. The van der Waals surface area contributed by atoms with Gasteiger partial charge in [0.1, 0.15) is 30.5 Å². The number of carbonyl (C=O) groups excluding carboxylic acids is 1. The number of rotatable bonds is 8. The van der Waals surface area contributed by atoms with Gasteiger partial charge < -0.3 is 14.2 Å². The summed E-state index contributed by atoms with van der Waals surface area (Å²) in [6, 6.07) is 9.64. The molecule has 2 fully saturated rings. The molecule has 0 unspecified atom stereocenters. The summed E-state index contributed by atoms with van der Waals surface area (Å²) < 4.78 is 34.3. The van der Waals surface area contributed by atoms with Crippen LogP contribution in [0.25, 0.3) is 17.0 Å². The minimum absolute atomic E-state index is 0.0297. The fourth-order valence-electron chi connectivity index (χ4n) is 6.13. The first-order chi connectivity index (χ1) is 19.5. The van der Waals surface area contributed by atoms with Crippen molar-refractivity contribution in [3.8, 4) is 11.5 Å². The minimum Gasteiger partial charge on any atom is -0.489 e. The van der Waals surface area contributed by atoms with Gasteiger partial charge in [0.2, 0.25) is 0 Å². The Balaban J connectivity index is 1.08. The first-order valence-corrected chi connectivity index (χ1v) is 14.7. The first kappa shape index (κ1) is 27.1. The molecule has 2 aliphatic heterocycles. The van der Waals surface area contributed by atoms with E-state index in [0.29, 0.717) is 48.0 Å². The van der Waals surface area contributed by atoms with E-state index < -0.39 is 0 Å². The second-order valence-corrected chi connectivity index (χ2v) is 11.4. The highest BCUT2D eigenvalue weighted by molar-refractivity contribution is 6.34. The van der Waals surface area contributed by atoms with Crippen LogP contribution in [0.2, 0.25) is 5.15 Å². The quantitative estimate of drug-likeness (QED) is 0.287. The summed E-state index contributed by atoms with van der Waals surface area (Å²) >= 11 is 6.48. The third kappa shape index (κ3) is 5.70. The Hall–Kier alpha value is -3.10. The Kier molecular flexibility index (Phi) is 7.98. The van der Waals surface area contributed by atoms with Crippen LogP contribution in [0.3, 0.4) is 0 Å². The van der Waals surface area contributed by atoms with E-state index in [1.165, 1.54) is 18.9 Å². The molecule has 0 radical (unpaired) electrons. The SMILES string of the molecule is CCOC(=O)C1CCN(CC2=Cc3c(F)cc(OCc4ccc5c(c4)c(Cl)nn5C4CCCC4)cc3OC2)CC1. The lowest BCUT2D eigenvalue weighted by molar-refractivity contribution is -0.149. The van der Waals surface area contributed by atoms with Gasteiger partial charge in [-0.1, -0.05) is 30.5 Å². The molecule has 3 heterocycles. The second kappa shape index (κ2) is 11.8. The smallest absolute Gasteiger partial charge is 0.309 e. The fourth-order valence-corrected chi connectivity index (χ4v) is 6.36. The number of benzene rings is 2. The van der Waals surface area contributed by atoms with Crippen molar-refractivity contribution in [2.45, 2.75) is 58.1 Å². The summed E-state index contributed by atoms with van der Waals surface area (Å²) in [7, 11) is 0. The molecule has 0 atom stereocenters. The predicted molar refractivity (Wildman–Crippen MR) is 152 cm³/mol. The third-order valence-electron chi connectivity index (χ3n) is 8.26. The number of hydrogen-bond donors (Lipinski definition) is 0. The van der Waals surface area contributed by atoms with Crippen LogP contribution >= 0.6 is 11.6 Å². The Bertz CT molecular complexity index is 1420. The molecule has 1 aromatic heterocycles.